The van der Waals surface area contributed by atoms with Gasteiger partial charge in [-0.05, 0) is 41.0 Å². The molecule has 108 valence electrons. The van der Waals surface area contributed by atoms with Crippen LogP contribution in [0.4, 0.5) is 5.69 Å². The molecule has 1 aliphatic rings. The van der Waals surface area contributed by atoms with Gasteiger partial charge in [0.05, 0.1) is 0 Å². The zero-order valence-corrected chi connectivity index (χ0v) is 12.8. The van der Waals surface area contributed by atoms with Gasteiger partial charge in [-0.3, -0.25) is 0 Å². The maximum atomic E-state index is 4.05. The highest BCUT2D eigenvalue weighted by molar-refractivity contribution is 6.75. The van der Waals surface area contributed by atoms with Crippen molar-refractivity contribution in [1.82, 2.24) is 5.23 Å². The van der Waals surface area contributed by atoms with Gasteiger partial charge in [-0.15, -0.1) is 0 Å². The van der Waals surface area contributed by atoms with Crippen LogP contribution in [0.3, 0.4) is 0 Å². The Morgan fingerprint density at radius 2 is 1.91 bits per heavy atom. The first-order valence-corrected chi connectivity index (χ1v) is 7.43. The van der Waals surface area contributed by atoms with Crippen molar-refractivity contribution in [3.63, 3.8) is 0 Å². The van der Waals surface area contributed by atoms with Crippen molar-refractivity contribution in [1.29, 1.82) is 0 Å². The molecule has 0 saturated carbocycles. The number of benzene rings is 2. The summed E-state index contributed by atoms with van der Waals surface area (Å²) in [6.07, 6.45) is 5.98. The van der Waals surface area contributed by atoms with E-state index in [1.807, 2.05) is 31.3 Å². The van der Waals surface area contributed by atoms with Crippen molar-refractivity contribution in [3.8, 4) is 0 Å². The van der Waals surface area contributed by atoms with Crippen LogP contribution < -0.4 is 26.4 Å². The molecular weight excluding hydrogens is 267 g/mol. The standard InChI is InChI=1S/C19H19BN2/c1-4-15(5-2)16-9-11-17(12-10-16)20-21-13-18-14(3)7-6-8-19(18)22-20/h4-13,21-22H,1,3H2,2H3/b15-5+. The van der Waals surface area contributed by atoms with E-state index in [-0.39, 0.29) is 6.98 Å². The van der Waals surface area contributed by atoms with Crippen molar-refractivity contribution in [2.45, 2.75) is 6.92 Å². The maximum Gasteiger partial charge on any atom is 0.405 e. The van der Waals surface area contributed by atoms with Crippen molar-refractivity contribution in [2.75, 3.05) is 5.23 Å². The summed E-state index contributed by atoms with van der Waals surface area (Å²) in [5, 5.41) is 9.06. The molecular formula is C19H19BN2. The van der Waals surface area contributed by atoms with Crippen LogP contribution in [0, 0.1) is 0 Å². The molecule has 0 fully saturated rings. The Morgan fingerprint density at radius 1 is 1.14 bits per heavy atom. The van der Waals surface area contributed by atoms with Crippen LogP contribution in [-0.2, 0) is 0 Å². The summed E-state index contributed by atoms with van der Waals surface area (Å²) in [6.45, 7) is 10.0. The van der Waals surface area contributed by atoms with E-state index in [1.54, 1.807) is 0 Å². The Bertz CT molecular complexity index is 835. The predicted octanol–water partition coefficient (Wildman–Crippen LogP) is 1.83. The van der Waals surface area contributed by atoms with Gasteiger partial charge in [0.2, 0.25) is 0 Å². The summed E-state index contributed by atoms with van der Waals surface area (Å²) in [6, 6.07) is 14.7. The normalized spacial score (nSPS) is 13.5. The van der Waals surface area contributed by atoms with Crippen LogP contribution in [0.1, 0.15) is 12.5 Å². The molecule has 0 spiro atoms. The third kappa shape index (κ3) is 2.58. The summed E-state index contributed by atoms with van der Waals surface area (Å²) in [4.78, 5) is 0. The second-order valence-electron chi connectivity index (χ2n) is 5.34. The molecule has 3 rings (SSSR count). The molecule has 0 radical (unpaired) electrons. The van der Waals surface area contributed by atoms with Gasteiger partial charge in [-0.1, -0.05) is 61.7 Å². The van der Waals surface area contributed by atoms with E-state index in [0.717, 1.165) is 21.7 Å². The molecule has 3 heteroatoms. The number of hydrogen-bond donors (Lipinski definition) is 2. The van der Waals surface area contributed by atoms with Crippen LogP contribution in [0.15, 0.2) is 61.2 Å². The van der Waals surface area contributed by atoms with Crippen LogP contribution in [0.25, 0.3) is 18.4 Å². The fourth-order valence-corrected chi connectivity index (χ4v) is 2.72. The van der Waals surface area contributed by atoms with Crippen molar-refractivity contribution >= 4 is 36.5 Å². The highest BCUT2D eigenvalue weighted by Crippen LogP contribution is 2.13. The van der Waals surface area contributed by atoms with E-state index in [0.29, 0.717) is 0 Å². The summed E-state index contributed by atoms with van der Waals surface area (Å²) >= 11 is 0. The minimum atomic E-state index is 0.0705. The first kappa shape index (κ1) is 14.3. The molecule has 2 aromatic carbocycles. The monoisotopic (exact) mass is 286 g/mol. The molecule has 22 heavy (non-hydrogen) atoms. The second-order valence-corrected chi connectivity index (χ2v) is 5.34. The Balaban J connectivity index is 1.88. The van der Waals surface area contributed by atoms with E-state index in [2.05, 4.69) is 60.0 Å². The largest absolute Gasteiger partial charge is 0.411 e. The SMILES string of the molecule is C=C/C(=C\C)c1ccc(B2NC=c3c(cccc3=C)N2)cc1. The topological polar surface area (TPSA) is 24.1 Å². The average molecular weight is 286 g/mol. The molecule has 2 aromatic rings. The van der Waals surface area contributed by atoms with Gasteiger partial charge in [0.1, 0.15) is 0 Å². The summed E-state index contributed by atoms with van der Waals surface area (Å²) in [5.41, 5.74) is 4.64. The Morgan fingerprint density at radius 3 is 2.59 bits per heavy atom. The Hall–Kier alpha value is -2.68. The maximum absolute atomic E-state index is 4.05. The average Bonchev–Trinajstić information content (AvgIpc) is 2.56. The van der Waals surface area contributed by atoms with E-state index in [1.165, 1.54) is 11.0 Å². The van der Waals surface area contributed by atoms with E-state index >= 15 is 0 Å². The minimum absolute atomic E-state index is 0.0705. The smallest absolute Gasteiger partial charge is 0.405 e. The van der Waals surface area contributed by atoms with Crippen molar-refractivity contribution in [2.24, 2.45) is 0 Å². The van der Waals surface area contributed by atoms with Crippen LogP contribution in [0.5, 0.6) is 0 Å². The molecule has 0 atom stereocenters. The summed E-state index contributed by atoms with van der Waals surface area (Å²) < 4.78 is 0. The molecule has 0 amide bonds. The number of hydrogen-bond acceptors (Lipinski definition) is 2. The molecule has 0 bridgehead atoms. The second kappa shape index (κ2) is 5.98. The van der Waals surface area contributed by atoms with Gasteiger partial charge in [0.25, 0.3) is 0 Å². The molecule has 1 aliphatic heterocycles. The highest BCUT2D eigenvalue weighted by Gasteiger charge is 2.20. The fourth-order valence-electron chi connectivity index (χ4n) is 2.72. The predicted molar refractivity (Wildman–Crippen MR) is 98.1 cm³/mol. The molecule has 0 aliphatic carbocycles. The molecule has 0 unspecified atom stereocenters. The lowest BCUT2D eigenvalue weighted by atomic mass is 9.67. The number of fused-ring (bicyclic) bond motifs is 1. The third-order valence-electron chi connectivity index (χ3n) is 4.00. The van der Waals surface area contributed by atoms with Crippen molar-refractivity contribution < 1.29 is 0 Å². The quantitative estimate of drug-likeness (QED) is 0.664. The molecule has 2 nitrogen and oxygen atoms in total. The first-order valence-electron chi connectivity index (χ1n) is 7.43. The third-order valence-corrected chi connectivity index (χ3v) is 4.00. The molecule has 0 aromatic heterocycles. The Labute approximate surface area is 131 Å². The lowest BCUT2D eigenvalue weighted by Gasteiger charge is -2.21. The van der Waals surface area contributed by atoms with Crippen LogP contribution in [-0.4, -0.2) is 6.98 Å². The highest BCUT2D eigenvalue weighted by atomic mass is 15.0. The zero-order valence-electron chi connectivity index (χ0n) is 12.8. The number of rotatable bonds is 3. The summed E-state index contributed by atoms with van der Waals surface area (Å²) in [5.74, 6) is 0. The molecule has 1 heterocycles. The van der Waals surface area contributed by atoms with E-state index in [9.17, 15) is 0 Å². The minimum Gasteiger partial charge on any atom is -0.411 e. The van der Waals surface area contributed by atoms with E-state index < -0.39 is 0 Å². The number of anilines is 1. The van der Waals surface area contributed by atoms with Gasteiger partial charge in [-0.25, -0.2) is 0 Å². The van der Waals surface area contributed by atoms with Gasteiger partial charge in [0, 0.05) is 10.9 Å². The number of nitrogens with one attached hydrogen (secondary N) is 2. The first-order chi connectivity index (χ1) is 10.7. The van der Waals surface area contributed by atoms with Crippen LogP contribution >= 0.6 is 0 Å². The van der Waals surface area contributed by atoms with Gasteiger partial charge in [-0.2, -0.15) is 0 Å². The number of allylic oxidation sites excluding steroid dienone is 3. The van der Waals surface area contributed by atoms with E-state index in [4.69, 9.17) is 0 Å². The van der Waals surface area contributed by atoms with Gasteiger partial charge in [0.15, 0.2) is 0 Å². The van der Waals surface area contributed by atoms with Crippen LogP contribution in [0.2, 0.25) is 0 Å². The van der Waals surface area contributed by atoms with Crippen molar-refractivity contribution in [3.05, 3.63) is 77.2 Å². The lowest BCUT2D eigenvalue weighted by Crippen LogP contribution is -2.54. The lowest BCUT2D eigenvalue weighted by molar-refractivity contribution is 1.33. The molecule has 2 N–H and O–H groups in total. The fraction of sp³-hybridized carbons (Fsp3) is 0.0526. The zero-order chi connectivity index (χ0) is 15.5. The molecule has 0 saturated heterocycles. The summed E-state index contributed by atoms with van der Waals surface area (Å²) in [7, 11) is 0. The Kier molecular flexibility index (Phi) is 3.88. The van der Waals surface area contributed by atoms with Gasteiger partial charge < -0.3 is 10.5 Å². The van der Waals surface area contributed by atoms with Gasteiger partial charge >= 0.3 is 6.98 Å².